The Morgan fingerprint density at radius 1 is 1.21 bits per heavy atom. The van der Waals surface area contributed by atoms with Crippen LogP contribution < -0.4 is 9.64 Å². The third kappa shape index (κ3) is 4.51. The summed E-state index contributed by atoms with van der Waals surface area (Å²) in [4.78, 5) is 38.9. The normalized spacial score (nSPS) is 13.1. The lowest BCUT2D eigenvalue weighted by molar-refractivity contribution is -0.142. The number of rotatable bonds is 7. The van der Waals surface area contributed by atoms with E-state index in [-0.39, 0.29) is 30.2 Å². The Balaban J connectivity index is 1.56. The number of carbonyl (C=O) groups is 3. The van der Waals surface area contributed by atoms with E-state index in [0.29, 0.717) is 5.75 Å². The lowest BCUT2D eigenvalue weighted by Crippen LogP contribution is -2.37. The number of halogens is 1. The number of Topliss-reactive ketones (excluding diaryl/α,β-unsaturated/α-hetero) is 1. The maximum absolute atomic E-state index is 13.4. The fourth-order valence-corrected chi connectivity index (χ4v) is 3.73. The molecule has 0 saturated heterocycles. The molecule has 8 heteroatoms. The van der Waals surface area contributed by atoms with Gasteiger partial charge < -0.3 is 14.4 Å². The number of esters is 1. The van der Waals surface area contributed by atoms with Crippen molar-refractivity contribution in [1.29, 1.82) is 0 Å². The fourth-order valence-electron chi connectivity index (χ4n) is 2.80. The van der Waals surface area contributed by atoms with Crippen molar-refractivity contribution in [2.75, 3.05) is 30.9 Å². The van der Waals surface area contributed by atoms with Gasteiger partial charge in [0.05, 0.1) is 30.5 Å². The van der Waals surface area contributed by atoms with Crippen LogP contribution in [-0.2, 0) is 14.3 Å². The highest BCUT2D eigenvalue weighted by Gasteiger charge is 2.25. The summed E-state index contributed by atoms with van der Waals surface area (Å²) < 4.78 is 23.4. The van der Waals surface area contributed by atoms with Gasteiger partial charge in [0.25, 0.3) is 0 Å². The Labute approximate surface area is 165 Å². The van der Waals surface area contributed by atoms with Gasteiger partial charge in [0.2, 0.25) is 11.7 Å². The van der Waals surface area contributed by atoms with E-state index in [9.17, 15) is 18.8 Å². The van der Waals surface area contributed by atoms with Crippen molar-refractivity contribution in [3.05, 3.63) is 53.8 Å². The van der Waals surface area contributed by atoms with Gasteiger partial charge in [0, 0.05) is 11.4 Å². The van der Waals surface area contributed by atoms with Crippen molar-refractivity contribution in [2.24, 2.45) is 0 Å². The predicted molar refractivity (Wildman–Crippen MR) is 102 cm³/mol. The first-order chi connectivity index (χ1) is 13.5. The lowest BCUT2D eigenvalue weighted by Gasteiger charge is -2.28. The molecular weight excluding hydrogens is 385 g/mol. The number of hydrogen-bond acceptors (Lipinski definition) is 6. The topological polar surface area (TPSA) is 72.9 Å². The molecule has 1 heterocycles. The van der Waals surface area contributed by atoms with Gasteiger partial charge in [-0.1, -0.05) is 12.1 Å². The Kier molecular flexibility index (Phi) is 6.30. The molecule has 0 atom stereocenters. The highest BCUT2D eigenvalue weighted by Crippen LogP contribution is 2.34. The largest absolute Gasteiger partial charge is 0.496 e. The van der Waals surface area contributed by atoms with Crippen molar-refractivity contribution in [1.82, 2.24) is 0 Å². The smallest absolute Gasteiger partial charge is 0.308 e. The van der Waals surface area contributed by atoms with Crippen molar-refractivity contribution < 1.29 is 28.2 Å². The number of para-hydroxylation sites is 1. The number of thioether (sulfide) groups is 1. The van der Waals surface area contributed by atoms with E-state index >= 15 is 0 Å². The Bertz CT molecular complexity index is 917. The zero-order valence-corrected chi connectivity index (χ0v) is 16.0. The molecule has 0 radical (unpaired) electrons. The average molecular weight is 403 g/mol. The van der Waals surface area contributed by atoms with E-state index in [1.54, 1.807) is 4.90 Å². The van der Waals surface area contributed by atoms with Crippen LogP contribution in [0.15, 0.2) is 47.4 Å². The standard InChI is InChI=1S/C20H18FNO5S/c1-26-17-7-6-13(21)10-14(17)16(23)11-27-20(25)8-9-22-15-4-2-3-5-18(15)28-12-19(22)24/h2-7,10H,8-9,11-12H2,1H3. The van der Waals surface area contributed by atoms with Gasteiger partial charge in [-0.15, -0.1) is 11.8 Å². The number of methoxy groups -OCH3 is 1. The minimum atomic E-state index is -0.618. The van der Waals surface area contributed by atoms with Crippen LogP contribution in [0.1, 0.15) is 16.8 Å². The molecular formula is C20H18FNO5S. The summed E-state index contributed by atoms with van der Waals surface area (Å²) in [5.41, 5.74) is 0.768. The van der Waals surface area contributed by atoms with E-state index in [4.69, 9.17) is 9.47 Å². The fraction of sp³-hybridized carbons (Fsp3) is 0.250. The van der Waals surface area contributed by atoms with E-state index in [1.165, 1.54) is 31.0 Å². The molecule has 0 unspecified atom stereocenters. The number of anilines is 1. The van der Waals surface area contributed by atoms with Crippen LogP contribution in [0.2, 0.25) is 0 Å². The molecule has 0 saturated carbocycles. The molecule has 0 N–H and O–H groups in total. The second-order valence-corrected chi connectivity index (χ2v) is 7.00. The first-order valence-corrected chi connectivity index (χ1v) is 9.52. The molecule has 0 fully saturated rings. The molecule has 2 aromatic carbocycles. The molecule has 1 aliphatic rings. The quantitative estimate of drug-likeness (QED) is 0.523. The Hall–Kier alpha value is -2.87. The van der Waals surface area contributed by atoms with Crippen LogP contribution in [0, 0.1) is 5.82 Å². The SMILES string of the molecule is COc1ccc(F)cc1C(=O)COC(=O)CCN1C(=O)CSc2ccccc21. The first kappa shape index (κ1) is 19.9. The first-order valence-electron chi connectivity index (χ1n) is 8.54. The highest BCUT2D eigenvalue weighted by atomic mass is 32.2. The van der Waals surface area contributed by atoms with Gasteiger partial charge in [0.1, 0.15) is 11.6 Å². The molecule has 2 aromatic rings. The molecule has 0 aromatic heterocycles. The number of hydrogen-bond donors (Lipinski definition) is 0. The summed E-state index contributed by atoms with van der Waals surface area (Å²) in [5, 5.41) is 0. The molecule has 0 spiro atoms. The minimum absolute atomic E-state index is 0.00691. The van der Waals surface area contributed by atoms with Crippen LogP contribution in [0.5, 0.6) is 5.75 Å². The van der Waals surface area contributed by atoms with Gasteiger partial charge >= 0.3 is 5.97 Å². The summed E-state index contributed by atoms with van der Waals surface area (Å²) in [6.45, 7) is -0.369. The second kappa shape index (κ2) is 8.88. The molecule has 1 aliphatic heterocycles. The van der Waals surface area contributed by atoms with Crippen molar-refractivity contribution in [3.8, 4) is 5.75 Å². The number of ether oxygens (including phenoxy) is 2. The monoisotopic (exact) mass is 403 g/mol. The van der Waals surface area contributed by atoms with Crippen LogP contribution in [0.25, 0.3) is 0 Å². The van der Waals surface area contributed by atoms with Crippen LogP contribution >= 0.6 is 11.8 Å². The number of nitrogens with zero attached hydrogens (tertiary/aromatic N) is 1. The van der Waals surface area contributed by atoms with E-state index in [2.05, 4.69) is 0 Å². The second-order valence-electron chi connectivity index (χ2n) is 5.98. The van der Waals surface area contributed by atoms with Crippen molar-refractivity contribution in [3.63, 3.8) is 0 Å². The van der Waals surface area contributed by atoms with Gasteiger partial charge in [0.15, 0.2) is 6.61 Å². The number of carbonyl (C=O) groups excluding carboxylic acids is 3. The average Bonchev–Trinajstić information content (AvgIpc) is 2.71. The maximum Gasteiger partial charge on any atom is 0.308 e. The Morgan fingerprint density at radius 2 is 2.00 bits per heavy atom. The van der Waals surface area contributed by atoms with Crippen LogP contribution in [0.3, 0.4) is 0 Å². The summed E-state index contributed by atoms with van der Waals surface area (Å²) in [6.07, 6.45) is -0.0572. The summed E-state index contributed by atoms with van der Waals surface area (Å²) >= 11 is 1.46. The summed E-state index contributed by atoms with van der Waals surface area (Å²) in [7, 11) is 1.36. The number of amides is 1. The molecule has 28 heavy (non-hydrogen) atoms. The zero-order chi connectivity index (χ0) is 20.1. The predicted octanol–water partition coefficient (Wildman–Crippen LogP) is 3.09. The molecule has 0 aliphatic carbocycles. The molecule has 0 bridgehead atoms. The molecule has 1 amide bonds. The van der Waals surface area contributed by atoms with Crippen LogP contribution in [-0.4, -0.2) is 43.7 Å². The third-order valence-corrected chi connectivity index (χ3v) is 5.22. The summed E-state index contributed by atoms with van der Waals surface area (Å²) in [6, 6.07) is 11.0. The van der Waals surface area contributed by atoms with Gasteiger partial charge in [-0.25, -0.2) is 4.39 Å². The van der Waals surface area contributed by atoms with Crippen molar-refractivity contribution >= 4 is 35.1 Å². The zero-order valence-electron chi connectivity index (χ0n) is 15.1. The lowest BCUT2D eigenvalue weighted by atomic mass is 10.1. The number of benzene rings is 2. The number of ketones is 1. The van der Waals surface area contributed by atoms with Crippen molar-refractivity contribution in [2.45, 2.75) is 11.3 Å². The number of fused-ring (bicyclic) bond motifs is 1. The molecule has 3 rings (SSSR count). The Morgan fingerprint density at radius 3 is 2.79 bits per heavy atom. The third-order valence-electron chi connectivity index (χ3n) is 4.17. The summed E-state index contributed by atoms with van der Waals surface area (Å²) in [5.74, 6) is -1.35. The van der Waals surface area contributed by atoms with E-state index < -0.39 is 24.2 Å². The van der Waals surface area contributed by atoms with E-state index in [1.807, 2.05) is 24.3 Å². The molecule has 6 nitrogen and oxygen atoms in total. The highest BCUT2D eigenvalue weighted by molar-refractivity contribution is 8.00. The minimum Gasteiger partial charge on any atom is -0.496 e. The van der Waals surface area contributed by atoms with E-state index in [0.717, 1.165) is 16.6 Å². The van der Waals surface area contributed by atoms with Gasteiger partial charge in [-0.05, 0) is 30.3 Å². The van der Waals surface area contributed by atoms with Gasteiger partial charge in [-0.2, -0.15) is 0 Å². The maximum atomic E-state index is 13.4. The van der Waals surface area contributed by atoms with Crippen LogP contribution in [0.4, 0.5) is 10.1 Å². The molecule has 146 valence electrons. The van der Waals surface area contributed by atoms with Gasteiger partial charge in [-0.3, -0.25) is 14.4 Å².